The van der Waals surface area contributed by atoms with Crippen LogP contribution in [0.1, 0.15) is 26.2 Å². The quantitative estimate of drug-likeness (QED) is 0.585. The minimum atomic E-state index is -0.870. The van der Waals surface area contributed by atoms with Gasteiger partial charge in [-0.3, -0.25) is 0 Å². The van der Waals surface area contributed by atoms with Crippen LogP contribution in [0.3, 0.4) is 0 Å². The molecule has 2 N–H and O–H groups in total. The highest BCUT2D eigenvalue weighted by atomic mass is 16.5. The zero-order valence-corrected chi connectivity index (χ0v) is 10.5. The standard InChI is InChI=1S/C12H24O4/c1-4-5-6-10(7-8-15-2)12(14)11(13)9-16-3/h7,11-14H,4-6,8-9H2,1-3H3/b10-7+/t11-,12+/m1/s1. The van der Waals surface area contributed by atoms with Crippen LogP contribution in [0.5, 0.6) is 0 Å². The van der Waals surface area contributed by atoms with Crippen LogP contribution in [0, 0.1) is 0 Å². The predicted molar refractivity (Wildman–Crippen MR) is 63.4 cm³/mol. The summed E-state index contributed by atoms with van der Waals surface area (Å²) in [6.45, 7) is 2.68. The number of ether oxygens (including phenoxy) is 2. The summed E-state index contributed by atoms with van der Waals surface area (Å²) in [6.07, 6.45) is 2.93. The molecule has 0 aromatic heterocycles. The molecule has 0 aliphatic rings. The molecule has 16 heavy (non-hydrogen) atoms. The Bertz CT molecular complexity index is 191. The van der Waals surface area contributed by atoms with Gasteiger partial charge in [-0.15, -0.1) is 0 Å². The van der Waals surface area contributed by atoms with Gasteiger partial charge in [-0.1, -0.05) is 19.4 Å². The molecule has 0 bridgehead atoms. The summed E-state index contributed by atoms with van der Waals surface area (Å²) in [4.78, 5) is 0. The zero-order chi connectivity index (χ0) is 12.4. The average molecular weight is 232 g/mol. The first-order valence-corrected chi connectivity index (χ1v) is 5.70. The van der Waals surface area contributed by atoms with E-state index >= 15 is 0 Å². The van der Waals surface area contributed by atoms with Crippen molar-refractivity contribution in [2.45, 2.75) is 38.4 Å². The van der Waals surface area contributed by atoms with Gasteiger partial charge in [0.2, 0.25) is 0 Å². The molecule has 0 spiro atoms. The molecule has 0 saturated carbocycles. The van der Waals surface area contributed by atoms with Gasteiger partial charge >= 0.3 is 0 Å². The van der Waals surface area contributed by atoms with Crippen LogP contribution in [0.4, 0.5) is 0 Å². The summed E-state index contributed by atoms with van der Waals surface area (Å²) in [5, 5.41) is 19.5. The van der Waals surface area contributed by atoms with Gasteiger partial charge in [0, 0.05) is 14.2 Å². The first kappa shape index (κ1) is 15.6. The van der Waals surface area contributed by atoms with Crippen molar-refractivity contribution in [2.24, 2.45) is 0 Å². The number of aliphatic hydroxyl groups excluding tert-OH is 2. The van der Waals surface area contributed by atoms with Crippen LogP contribution in [0.2, 0.25) is 0 Å². The Hall–Kier alpha value is -0.420. The summed E-state index contributed by atoms with van der Waals surface area (Å²) in [5.74, 6) is 0. The molecule has 0 aromatic rings. The molecule has 0 fully saturated rings. The normalized spacial score (nSPS) is 16.2. The van der Waals surface area contributed by atoms with Crippen molar-refractivity contribution in [3.63, 3.8) is 0 Å². The van der Waals surface area contributed by atoms with E-state index in [-0.39, 0.29) is 6.61 Å². The highest BCUT2D eigenvalue weighted by molar-refractivity contribution is 5.10. The monoisotopic (exact) mass is 232 g/mol. The van der Waals surface area contributed by atoms with Crippen LogP contribution >= 0.6 is 0 Å². The molecule has 0 rings (SSSR count). The number of aliphatic hydroxyl groups is 2. The molecule has 96 valence electrons. The molecule has 0 aliphatic heterocycles. The molecule has 4 nitrogen and oxygen atoms in total. The fourth-order valence-corrected chi connectivity index (χ4v) is 1.45. The Morgan fingerprint density at radius 3 is 2.44 bits per heavy atom. The number of methoxy groups -OCH3 is 2. The third kappa shape index (κ3) is 6.23. The molecule has 0 aliphatic carbocycles. The fourth-order valence-electron chi connectivity index (χ4n) is 1.45. The van der Waals surface area contributed by atoms with E-state index < -0.39 is 12.2 Å². The molecule has 0 saturated heterocycles. The lowest BCUT2D eigenvalue weighted by Crippen LogP contribution is -2.32. The number of hydrogen-bond donors (Lipinski definition) is 2. The van der Waals surface area contributed by atoms with Gasteiger partial charge in [-0.05, 0) is 18.4 Å². The van der Waals surface area contributed by atoms with Crippen LogP contribution < -0.4 is 0 Å². The molecule has 0 unspecified atom stereocenters. The van der Waals surface area contributed by atoms with Crippen molar-refractivity contribution >= 4 is 0 Å². The van der Waals surface area contributed by atoms with E-state index in [2.05, 4.69) is 6.92 Å². The van der Waals surface area contributed by atoms with Crippen molar-refractivity contribution in [1.82, 2.24) is 0 Å². The van der Waals surface area contributed by atoms with Gasteiger partial charge in [-0.25, -0.2) is 0 Å². The van der Waals surface area contributed by atoms with Crippen LogP contribution in [-0.4, -0.2) is 49.9 Å². The number of unbranched alkanes of at least 4 members (excludes halogenated alkanes) is 1. The summed E-state index contributed by atoms with van der Waals surface area (Å²) >= 11 is 0. The Morgan fingerprint density at radius 2 is 1.94 bits per heavy atom. The zero-order valence-electron chi connectivity index (χ0n) is 10.5. The van der Waals surface area contributed by atoms with Crippen LogP contribution in [0.25, 0.3) is 0 Å². The minimum absolute atomic E-state index is 0.137. The van der Waals surface area contributed by atoms with E-state index in [1.165, 1.54) is 7.11 Å². The van der Waals surface area contributed by atoms with Crippen LogP contribution in [-0.2, 0) is 9.47 Å². The molecule has 0 aromatic carbocycles. The topological polar surface area (TPSA) is 58.9 Å². The molecule has 0 amide bonds. The smallest absolute Gasteiger partial charge is 0.107 e. The minimum Gasteiger partial charge on any atom is -0.388 e. The summed E-state index contributed by atoms with van der Waals surface area (Å²) in [5.41, 5.74) is 0.827. The van der Waals surface area contributed by atoms with Crippen molar-refractivity contribution < 1.29 is 19.7 Å². The highest BCUT2D eigenvalue weighted by Gasteiger charge is 2.19. The first-order valence-electron chi connectivity index (χ1n) is 5.70. The maximum atomic E-state index is 9.91. The van der Waals surface area contributed by atoms with E-state index in [0.29, 0.717) is 6.61 Å². The fraction of sp³-hybridized carbons (Fsp3) is 0.833. The molecule has 2 atom stereocenters. The molecular formula is C12H24O4. The molecule has 0 heterocycles. The van der Waals surface area contributed by atoms with E-state index in [1.807, 2.05) is 6.08 Å². The summed E-state index contributed by atoms with van der Waals surface area (Å²) in [6, 6.07) is 0. The highest BCUT2D eigenvalue weighted by Crippen LogP contribution is 2.15. The Labute approximate surface area is 97.9 Å². The van der Waals surface area contributed by atoms with Gasteiger partial charge in [0.25, 0.3) is 0 Å². The molecular weight excluding hydrogens is 208 g/mol. The van der Waals surface area contributed by atoms with E-state index in [0.717, 1.165) is 24.8 Å². The number of rotatable bonds is 9. The largest absolute Gasteiger partial charge is 0.388 e. The molecule has 0 radical (unpaired) electrons. The molecule has 4 heteroatoms. The van der Waals surface area contributed by atoms with Gasteiger partial charge < -0.3 is 19.7 Å². The third-order valence-corrected chi connectivity index (χ3v) is 2.41. The average Bonchev–Trinajstić information content (AvgIpc) is 2.29. The number of hydrogen-bond acceptors (Lipinski definition) is 4. The van der Waals surface area contributed by atoms with Crippen molar-refractivity contribution in [1.29, 1.82) is 0 Å². The maximum absolute atomic E-state index is 9.91. The first-order chi connectivity index (χ1) is 7.67. The lowest BCUT2D eigenvalue weighted by molar-refractivity contribution is -0.0115. The van der Waals surface area contributed by atoms with Crippen molar-refractivity contribution in [3.05, 3.63) is 11.6 Å². The summed E-state index contributed by atoms with van der Waals surface area (Å²) in [7, 11) is 3.10. The third-order valence-electron chi connectivity index (χ3n) is 2.41. The van der Waals surface area contributed by atoms with Gasteiger partial charge in [-0.2, -0.15) is 0 Å². The van der Waals surface area contributed by atoms with Gasteiger partial charge in [0.05, 0.1) is 13.2 Å². The lowest BCUT2D eigenvalue weighted by Gasteiger charge is -2.20. The lowest BCUT2D eigenvalue weighted by atomic mass is 9.99. The second-order valence-electron chi connectivity index (χ2n) is 3.81. The summed E-state index contributed by atoms with van der Waals surface area (Å²) < 4.78 is 9.76. The Kier molecular flexibility index (Phi) is 9.52. The second-order valence-corrected chi connectivity index (χ2v) is 3.81. The van der Waals surface area contributed by atoms with E-state index in [1.54, 1.807) is 7.11 Å². The van der Waals surface area contributed by atoms with Crippen molar-refractivity contribution in [3.8, 4) is 0 Å². The van der Waals surface area contributed by atoms with Crippen LogP contribution in [0.15, 0.2) is 11.6 Å². The van der Waals surface area contributed by atoms with E-state index in [4.69, 9.17) is 9.47 Å². The second kappa shape index (κ2) is 9.78. The van der Waals surface area contributed by atoms with E-state index in [9.17, 15) is 10.2 Å². The van der Waals surface area contributed by atoms with Gasteiger partial charge in [0.15, 0.2) is 0 Å². The maximum Gasteiger partial charge on any atom is 0.107 e. The van der Waals surface area contributed by atoms with Gasteiger partial charge in [0.1, 0.15) is 12.2 Å². The van der Waals surface area contributed by atoms with Crippen molar-refractivity contribution in [2.75, 3.05) is 27.4 Å². The SMILES string of the molecule is CCCC/C(=C\COC)[C@H](O)[C@H](O)COC. The Morgan fingerprint density at radius 1 is 1.25 bits per heavy atom. The Balaban J connectivity index is 4.35. The predicted octanol–water partition coefficient (Wildman–Crippen LogP) is 1.12.